The van der Waals surface area contributed by atoms with Crippen LogP contribution < -0.4 is 5.56 Å². The van der Waals surface area contributed by atoms with Gasteiger partial charge in [-0.2, -0.15) is 0 Å². The normalized spacial score (nSPS) is 13.4. The molecule has 3 nitrogen and oxygen atoms in total. The van der Waals surface area contributed by atoms with Crippen LogP contribution >= 0.6 is 33.3 Å². The molecule has 0 saturated carbocycles. The van der Waals surface area contributed by atoms with Gasteiger partial charge in [0.1, 0.15) is 5.82 Å². The minimum Gasteiger partial charge on any atom is -0.268 e. The number of unbranched alkanes of at least 4 members (excludes halogenated alkanes) is 1. The third kappa shape index (κ3) is 3.40. The number of aryl methyl sites for hydroxylation is 1. The van der Waals surface area contributed by atoms with Crippen LogP contribution in [-0.2, 0) is 6.42 Å². The van der Waals surface area contributed by atoms with Crippen molar-refractivity contribution in [2.24, 2.45) is 0 Å². The monoisotopic (exact) mass is 330 g/mol. The Balaban J connectivity index is 2.65. The lowest BCUT2D eigenvalue weighted by Gasteiger charge is -2.18. The molecule has 0 spiro atoms. The van der Waals surface area contributed by atoms with Crippen LogP contribution in [0.25, 0.3) is 10.9 Å². The Hall–Kier alpha value is 0.0800. The zero-order valence-corrected chi connectivity index (χ0v) is 15.0. The van der Waals surface area contributed by atoms with Gasteiger partial charge in [0.05, 0.1) is 10.9 Å². The Morgan fingerprint density at radius 1 is 1.42 bits per heavy atom. The van der Waals surface area contributed by atoms with Crippen molar-refractivity contribution in [3.63, 3.8) is 0 Å². The van der Waals surface area contributed by atoms with E-state index in [1.807, 2.05) is 28.6 Å². The first kappa shape index (κ1) is 15.5. The van der Waals surface area contributed by atoms with E-state index in [2.05, 4.69) is 24.8 Å². The van der Waals surface area contributed by atoms with E-state index in [1.54, 1.807) is 0 Å². The molecule has 0 amide bonds. The highest BCUT2D eigenvalue weighted by molar-refractivity contribution is 8.60. The van der Waals surface area contributed by atoms with Gasteiger partial charge in [-0.05, 0) is 18.6 Å². The lowest BCUT2D eigenvalue weighted by atomic mass is 10.2. The Kier molecular flexibility index (Phi) is 5.86. The quantitative estimate of drug-likeness (QED) is 0.772. The summed E-state index contributed by atoms with van der Waals surface area (Å²) in [6, 6.07) is 7.62. The first-order valence-electron chi connectivity index (χ1n) is 6.21. The first-order chi connectivity index (χ1) is 9.19. The molecule has 1 aromatic heterocycles. The number of para-hydroxylation sites is 1. The standard InChI is InChI=1S/C12H18N2OP4/c1-2-3-8-11-13-10-7-5-4-6-9(10)12(15)14(11)19(17)18-16/h4-7,18H,2-3,8,16-17H2,1H3. The van der Waals surface area contributed by atoms with E-state index >= 15 is 0 Å². The van der Waals surface area contributed by atoms with Gasteiger partial charge in [0, 0.05) is 13.9 Å². The lowest BCUT2D eigenvalue weighted by molar-refractivity contribution is 0.742. The van der Waals surface area contributed by atoms with Crippen molar-refractivity contribution < 1.29 is 0 Å². The first-order valence-corrected chi connectivity index (χ1v) is 12.8. The average Bonchev–Trinajstić information content (AvgIpc) is 2.44. The summed E-state index contributed by atoms with van der Waals surface area (Å²) in [6.07, 6.45) is 3.05. The Morgan fingerprint density at radius 2 is 2.16 bits per heavy atom. The van der Waals surface area contributed by atoms with Gasteiger partial charge in [0.2, 0.25) is 0 Å². The number of rotatable bonds is 5. The van der Waals surface area contributed by atoms with Gasteiger partial charge in [0.25, 0.3) is 5.56 Å². The highest BCUT2D eigenvalue weighted by atomic mass is 32.6. The number of hydrogen-bond donors (Lipinski definition) is 0. The molecule has 0 bridgehead atoms. The second-order valence-electron chi connectivity index (χ2n) is 4.24. The van der Waals surface area contributed by atoms with Crippen molar-refractivity contribution >= 4 is 44.2 Å². The molecule has 0 aliphatic rings. The average molecular weight is 330 g/mol. The van der Waals surface area contributed by atoms with E-state index in [-0.39, 0.29) is 5.56 Å². The summed E-state index contributed by atoms with van der Waals surface area (Å²) in [7, 11) is 5.65. The van der Waals surface area contributed by atoms with Gasteiger partial charge < -0.3 is 0 Å². The van der Waals surface area contributed by atoms with Crippen molar-refractivity contribution in [2.45, 2.75) is 26.2 Å². The molecule has 0 aliphatic heterocycles. The zero-order chi connectivity index (χ0) is 13.8. The van der Waals surface area contributed by atoms with Crippen molar-refractivity contribution in [1.82, 2.24) is 9.32 Å². The minimum atomic E-state index is -0.556. The fourth-order valence-corrected chi connectivity index (χ4v) is 5.48. The second-order valence-corrected chi connectivity index (χ2v) is 13.1. The Bertz CT molecular complexity index is 629. The molecule has 0 saturated heterocycles. The van der Waals surface area contributed by atoms with Crippen LogP contribution in [0.4, 0.5) is 0 Å². The third-order valence-electron chi connectivity index (χ3n) is 2.92. The summed E-state index contributed by atoms with van der Waals surface area (Å²) in [5.41, 5.74) is 0.920. The number of hydrogen-bond acceptors (Lipinski definition) is 2. The zero-order valence-electron chi connectivity index (χ0n) is 10.8. The summed E-state index contributed by atoms with van der Waals surface area (Å²) >= 11 is 0. The number of aromatic nitrogens is 2. The maximum absolute atomic E-state index is 12.6. The summed E-state index contributed by atoms with van der Waals surface area (Å²) < 4.78 is 1.91. The molecule has 102 valence electrons. The van der Waals surface area contributed by atoms with Gasteiger partial charge in [-0.1, -0.05) is 42.4 Å². The van der Waals surface area contributed by atoms with Crippen LogP contribution in [0.2, 0.25) is 0 Å². The van der Waals surface area contributed by atoms with Gasteiger partial charge in [-0.15, -0.1) is 8.93 Å². The maximum atomic E-state index is 12.6. The molecular weight excluding hydrogens is 312 g/mol. The minimum absolute atomic E-state index is 0.104. The van der Waals surface area contributed by atoms with Crippen molar-refractivity contribution in [3.05, 3.63) is 40.4 Å². The molecule has 0 N–H and O–H groups in total. The van der Waals surface area contributed by atoms with E-state index in [0.717, 1.165) is 36.0 Å². The predicted molar refractivity (Wildman–Crippen MR) is 94.7 cm³/mol. The lowest BCUT2D eigenvalue weighted by Crippen LogP contribution is -2.20. The molecule has 0 aliphatic carbocycles. The SMILES string of the molecule is CCCCc1nc2ccccc2c(=O)n1P(P)PP. The molecule has 4 unspecified atom stereocenters. The molecule has 2 aromatic rings. The second kappa shape index (κ2) is 7.19. The number of benzene rings is 1. The smallest absolute Gasteiger partial charge is 0.265 e. The number of fused-ring (bicyclic) bond motifs is 1. The summed E-state index contributed by atoms with van der Waals surface area (Å²) in [5, 5.41) is 0.723. The molecule has 7 heteroatoms. The van der Waals surface area contributed by atoms with E-state index in [4.69, 9.17) is 4.98 Å². The summed E-state index contributed by atoms with van der Waals surface area (Å²) in [5.74, 6) is 0.932. The van der Waals surface area contributed by atoms with E-state index in [0.29, 0.717) is 7.96 Å². The van der Waals surface area contributed by atoms with Crippen LogP contribution in [0, 0.1) is 0 Å². The highest BCUT2D eigenvalue weighted by Crippen LogP contribution is 2.66. The van der Waals surface area contributed by atoms with E-state index < -0.39 is 7.45 Å². The van der Waals surface area contributed by atoms with E-state index in [1.165, 1.54) is 0 Å². The van der Waals surface area contributed by atoms with Crippen LogP contribution in [0.3, 0.4) is 0 Å². The van der Waals surface area contributed by atoms with Crippen molar-refractivity contribution in [2.75, 3.05) is 0 Å². The molecular formula is C12H18N2OP4. The molecule has 1 heterocycles. The highest BCUT2D eigenvalue weighted by Gasteiger charge is 2.14. The van der Waals surface area contributed by atoms with Crippen LogP contribution in [-0.4, -0.2) is 9.32 Å². The van der Waals surface area contributed by atoms with Crippen LogP contribution in [0.5, 0.6) is 0 Å². The molecule has 0 radical (unpaired) electrons. The van der Waals surface area contributed by atoms with Gasteiger partial charge >= 0.3 is 0 Å². The van der Waals surface area contributed by atoms with Crippen molar-refractivity contribution in [1.29, 1.82) is 0 Å². The summed E-state index contributed by atoms with van der Waals surface area (Å²) in [4.78, 5) is 17.3. The van der Waals surface area contributed by atoms with Gasteiger partial charge in [0.15, 0.2) is 0 Å². The third-order valence-corrected chi connectivity index (χ3v) is 12.5. The predicted octanol–water partition coefficient (Wildman–Crippen LogP) is 4.16. The summed E-state index contributed by atoms with van der Waals surface area (Å²) in [6.45, 7) is 2.16. The molecule has 0 fully saturated rings. The van der Waals surface area contributed by atoms with Gasteiger partial charge in [-0.3, -0.25) is 9.13 Å². The van der Waals surface area contributed by atoms with E-state index in [9.17, 15) is 4.79 Å². The Morgan fingerprint density at radius 3 is 2.84 bits per heavy atom. The Labute approximate surface area is 120 Å². The van der Waals surface area contributed by atoms with Crippen LogP contribution in [0.1, 0.15) is 25.6 Å². The molecule has 2 rings (SSSR count). The fourth-order valence-electron chi connectivity index (χ4n) is 1.95. The molecule has 4 atom stereocenters. The fraction of sp³-hybridized carbons (Fsp3) is 0.333. The molecule has 19 heavy (non-hydrogen) atoms. The van der Waals surface area contributed by atoms with Gasteiger partial charge in [-0.25, -0.2) is 4.98 Å². The van der Waals surface area contributed by atoms with Crippen molar-refractivity contribution in [3.8, 4) is 0 Å². The molecule has 1 aromatic carbocycles. The van der Waals surface area contributed by atoms with Crippen LogP contribution in [0.15, 0.2) is 29.1 Å². The topological polar surface area (TPSA) is 34.9 Å². The maximum Gasteiger partial charge on any atom is 0.265 e. The largest absolute Gasteiger partial charge is 0.268 e. The number of nitrogens with zero attached hydrogens (tertiary/aromatic N) is 2.